The van der Waals surface area contributed by atoms with E-state index in [9.17, 15) is 0 Å². The Labute approximate surface area is 327 Å². The molecule has 0 radical (unpaired) electrons. The number of nitrogens with zero attached hydrogens (tertiary/aromatic N) is 3. The lowest BCUT2D eigenvalue weighted by Crippen LogP contribution is -2.15. The van der Waals surface area contributed by atoms with Crippen molar-refractivity contribution in [2.45, 2.75) is 19.3 Å². The molecule has 9 aromatic carbocycles. The van der Waals surface area contributed by atoms with Crippen molar-refractivity contribution >= 4 is 63.8 Å². The lowest BCUT2D eigenvalue weighted by molar-refractivity contribution is 0.660. The molecular formula is C52H33N3S. The van der Waals surface area contributed by atoms with E-state index in [0.717, 1.165) is 16.7 Å². The van der Waals surface area contributed by atoms with Gasteiger partial charge in [0.25, 0.3) is 0 Å². The molecule has 2 heterocycles. The third-order valence-corrected chi connectivity index (χ3v) is 13.3. The summed E-state index contributed by atoms with van der Waals surface area (Å²) in [5.41, 5.74) is 10.5. The van der Waals surface area contributed by atoms with Crippen LogP contribution in [0.1, 0.15) is 25.0 Å². The molecule has 0 amide bonds. The molecule has 4 heteroatoms. The number of fused-ring (bicyclic) bond motifs is 6. The summed E-state index contributed by atoms with van der Waals surface area (Å²) in [5, 5.41) is 10.3. The van der Waals surface area contributed by atoms with Crippen LogP contribution in [0.3, 0.4) is 0 Å². The van der Waals surface area contributed by atoms with Crippen LogP contribution in [0.25, 0.3) is 109 Å². The van der Waals surface area contributed by atoms with E-state index in [0.29, 0.717) is 17.5 Å². The van der Waals surface area contributed by atoms with Crippen molar-refractivity contribution in [3.05, 3.63) is 175 Å². The molecule has 2 aromatic heterocycles. The average Bonchev–Trinajstić information content (AvgIpc) is 3.74. The molecule has 0 unspecified atom stereocenters. The Bertz CT molecular complexity index is 3380. The minimum atomic E-state index is -0.206. The first kappa shape index (κ1) is 31.6. The molecular weight excluding hydrogens is 699 g/mol. The van der Waals surface area contributed by atoms with Crippen LogP contribution in [0.2, 0.25) is 0 Å². The van der Waals surface area contributed by atoms with E-state index in [-0.39, 0.29) is 5.41 Å². The van der Waals surface area contributed by atoms with Gasteiger partial charge in [-0.1, -0.05) is 153 Å². The maximum absolute atomic E-state index is 5.24. The molecule has 0 aliphatic heterocycles. The van der Waals surface area contributed by atoms with Crippen LogP contribution in [0.15, 0.2) is 164 Å². The zero-order valence-corrected chi connectivity index (χ0v) is 31.7. The van der Waals surface area contributed by atoms with Gasteiger partial charge >= 0.3 is 0 Å². The molecule has 1 aliphatic rings. The molecule has 12 rings (SSSR count). The van der Waals surface area contributed by atoms with Crippen molar-refractivity contribution in [3.63, 3.8) is 0 Å². The number of thiophene rings is 1. The predicted molar refractivity (Wildman–Crippen MR) is 236 cm³/mol. The van der Waals surface area contributed by atoms with E-state index in [4.69, 9.17) is 15.0 Å². The van der Waals surface area contributed by atoms with Gasteiger partial charge in [0.1, 0.15) is 0 Å². The minimum Gasteiger partial charge on any atom is -0.208 e. The zero-order chi connectivity index (χ0) is 37.1. The minimum absolute atomic E-state index is 0.206. The molecule has 0 saturated heterocycles. The van der Waals surface area contributed by atoms with Crippen LogP contribution in [0.5, 0.6) is 0 Å². The number of hydrogen-bond donors (Lipinski definition) is 0. The molecule has 0 saturated carbocycles. The fourth-order valence-corrected chi connectivity index (χ4v) is 10.5. The zero-order valence-electron chi connectivity index (χ0n) is 30.8. The largest absolute Gasteiger partial charge is 0.208 e. The molecule has 0 bridgehead atoms. The first-order chi connectivity index (χ1) is 27.5. The molecule has 11 aromatic rings. The Morgan fingerprint density at radius 1 is 0.393 bits per heavy atom. The highest BCUT2D eigenvalue weighted by atomic mass is 32.1. The highest BCUT2D eigenvalue weighted by Gasteiger charge is 2.36. The van der Waals surface area contributed by atoms with Gasteiger partial charge in [0.05, 0.1) is 0 Å². The van der Waals surface area contributed by atoms with Crippen LogP contribution >= 0.6 is 11.3 Å². The van der Waals surface area contributed by atoms with E-state index < -0.39 is 0 Å². The van der Waals surface area contributed by atoms with Gasteiger partial charge in [-0.05, 0) is 90.0 Å². The highest BCUT2D eigenvalue weighted by Crippen LogP contribution is 2.51. The van der Waals surface area contributed by atoms with Gasteiger partial charge in [-0.2, -0.15) is 0 Å². The number of rotatable bonds is 4. The van der Waals surface area contributed by atoms with Crippen molar-refractivity contribution < 1.29 is 0 Å². The van der Waals surface area contributed by atoms with Gasteiger partial charge in [-0.25, -0.2) is 15.0 Å². The Morgan fingerprint density at radius 2 is 1.05 bits per heavy atom. The van der Waals surface area contributed by atoms with Crippen LogP contribution in [-0.2, 0) is 5.41 Å². The Kier molecular flexibility index (Phi) is 6.56. The van der Waals surface area contributed by atoms with Crippen molar-refractivity contribution in [1.82, 2.24) is 15.0 Å². The van der Waals surface area contributed by atoms with Crippen molar-refractivity contribution in [2.75, 3.05) is 0 Å². The molecule has 0 fully saturated rings. The van der Waals surface area contributed by atoms with Gasteiger partial charge in [-0.3, -0.25) is 0 Å². The van der Waals surface area contributed by atoms with E-state index in [2.05, 4.69) is 159 Å². The summed E-state index contributed by atoms with van der Waals surface area (Å²) < 4.78 is 2.45. The molecule has 3 nitrogen and oxygen atoms in total. The SMILES string of the molecule is CC1(C)c2ccc(-c3ccc4ccc5cccc6ccc3c4c56)cc2-c2ccc(-c3nc(-c4ccccc4)nc(-c4cccc5c4sc4ccccc45)n3)cc21. The Hall–Kier alpha value is -6.75. The topological polar surface area (TPSA) is 38.7 Å². The average molecular weight is 732 g/mol. The summed E-state index contributed by atoms with van der Waals surface area (Å²) in [7, 11) is 0. The molecule has 0 N–H and O–H groups in total. The maximum Gasteiger partial charge on any atom is 0.165 e. The fraction of sp³-hybridized carbons (Fsp3) is 0.0577. The second-order valence-corrected chi connectivity index (χ2v) is 16.6. The Morgan fingerprint density at radius 3 is 1.91 bits per heavy atom. The number of aromatic nitrogens is 3. The summed E-state index contributed by atoms with van der Waals surface area (Å²) in [6.45, 7) is 4.68. The quantitative estimate of drug-likeness (QED) is 0.169. The standard InChI is InChI=1S/C52H33N3S/c1-52(2)43-27-23-34(36-24-20-32-19-18-30-12-8-13-31-21-26-39(36)47(32)46(30)31)28-42(43)37-25-22-35(29-44(37)52)50-53-49(33-10-4-3-5-11-33)54-51(55-50)41-16-9-15-40-38-14-6-7-17-45(38)56-48(40)41/h3-29H,1-2H3. The normalized spacial score (nSPS) is 13.3. The van der Waals surface area contributed by atoms with E-state index >= 15 is 0 Å². The van der Waals surface area contributed by atoms with Crippen molar-refractivity contribution in [3.8, 4) is 56.4 Å². The smallest absolute Gasteiger partial charge is 0.165 e. The number of benzene rings is 9. The maximum atomic E-state index is 5.24. The number of hydrogen-bond acceptors (Lipinski definition) is 4. The first-order valence-corrected chi connectivity index (χ1v) is 20.0. The fourth-order valence-electron chi connectivity index (χ4n) is 9.31. The summed E-state index contributed by atoms with van der Waals surface area (Å²) in [5.74, 6) is 2.03. The van der Waals surface area contributed by atoms with Crippen LogP contribution in [0.4, 0.5) is 0 Å². The molecule has 56 heavy (non-hydrogen) atoms. The van der Waals surface area contributed by atoms with Gasteiger partial charge < -0.3 is 0 Å². The predicted octanol–water partition coefficient (Wildman–Crippen LogP) is 14.1. The molecule has 0 spiro atoms. The van der Waals surface area contributed by atoms with Crippen molar-refractivity contribution in [1.29, 1.82) is 0 Å². The summed E-state index contributed by atoms with van der Waals surface area (Å²) in [6, 6.07) is 59.5. The third-order valence-electron chi connectivity index (χ3n) is 12.1. The van der Waals surface area contributed by atoms with E-state index in [1.807, 2.05) is 18.2 Å². The van der Waals surface area contributed by atoms with Gasteiger partial charge in [0, 0.05) is 42.3 Å². The molecule has 262 valence electrons. The molecule has 1 aliphatic carbocycles. The second-order valence-electron chi connectivity index (χ2n) is 15.6. The highest BCUT2D eigenvalue weighted by molar-refractivity contribution is 7.26. The Balaban J connectivity index is 1.01. The van der Waals surface area contributed by atoms with Crippen LogP contribution in [0, 0.1) is 0 Å². The van der Waals surface area contributed by atoms with Gasteiger partial charge in [0.2, 0.25) is 0 Å². The first-order valence-electron chi connectivity index (χ1n) is 19.2. The van der Waals surface area contributed by atoms with Crippen molar-refractivity contribution in [2.24, 2.45) is 0 Å². The summed E-state index contributed by atoms with van der Waals surface area (Å²) >= 11 is 1.80. The third kappa shape index (κ3) is 4.54. The lowest BCUT2D eigenvalue weighted by Gasteiger charge is -2.22. The lowest BCUT2D eigenvalue weighted by atomic mass is 9.81. The molecule has 0 atom stereocenters. The second kappa shape index (κ2) is 11.6. The van der Waals surface area contributed by atoms with Crippen LogP contribution < -0.4 is 0 Å². The van der Waals surface area contributed by atoms with Gasteiger partial charge in [-0.15, -0.1) is 11.3 Å². The monoisotopic (exact) mass is 731 g/mol. The van der Waals surface area contributed by atoms with Gasteiger partial charge in [0.15, 0.2) is 17.5 Å². The van der Waals surface area contributed by atoms with E-state index in [1.165, 1.54) is 85.9 Å². The van der Waals surface area contributed by atoms with Crippen LogP contribution in [-0.4, -0.2) is 15.0 Å². The summed E-state index contributed by atoms with van der Waals surface area (Å²) in [6.07, 6.45) is 0. The van der Waals surface area contributed by atoms with E-state index in [1.54, 1.807) is 11.3 Å². The summed E-state index contributed by atoms with van der Waals surface area (Å²) in [4.78, 5) is 15.5.